The molecule has 0 bridgehead atoms. The molecule has 2 aromatic carbocycles. The zero-order chi connectivity index (χ0) is 22.1. The second-order valence-electron chi connectivity index (χ2n) is 7.44. The summed E-state index contributed by atoms with van der Waals surface area (Å²) in [5, 5.41) is 6.55. The van der Waals surface area contributed by atoms with Crippen molar-refractivity contribution in [1.82, 2.24) is 15.4 Å². The quantitative estimate of drug-likeness (QED) is 0.419. The van der Waals surface area contributed by atoms with Gasteiger partial charge in [0.25, 0.3) is 0 Å². The molecule has 2 rings (SSSR count). The third-order valence-electron chi connectivity index (χ3n) is 4.37. The first-order valence-electron chi connectivity index (χ1n) is 9.88. The Morgan fingerprint density at radius 2 is 1.67 bits per heavy atom. The van der Waals surface area contributed by atoms with Gasteiger partial charge in [-0.3, -0.25) is 4.99 Å². The van der Waals surface area contributed by atoms with Crippen molar-refractivity contribution in [3.63, 3.8) is 0 Å². The number of guanidine groups is 1. The van der Waals surface area contributed by atoms with Gasteiger partial charge in [-0.25, -0.2) is 13.1 Å². The maximum atomic E-state index is 12.0. The molecular weight excluding hydrogens is 400 g/mol. The van der Waals surface area contributed by atoms with Gasteiger partial charge >= 0.3 is 0 Å². The third kappa shape index (κ3) is 7.68. The van der Waals surface area contributed by atoms with Gasteiger partial charge in [0.05, 0.1) is 12.9 Å². The number of hydrogen-bond donors (Lipinski definition) is 3. The van der Waals surface area contributed by atoms with E-state index in [-0.39, 0.29) is 11.8 Å². The molecular formula is C22H32N4O3S. The summed E-state index contributed by atoms with van der Waals surface area (Å²) in [5.41, 5.74) is 3.98. The van der Waals surface area contributed by atoms with Crippen LogP contribution in [0.2, 0.25) is 0 Å². The molecule has 0 aromatic heterocycles. The molecule has 7 nitrogen and oxygen atoms in total. The standard InChI is InChI=1S/C22H32N4O3S/c1-16(2)26-30(27,28)15-19-9-7-18(8-10-19)13-24-22(23-4)25-14-20-11-6-17(3)12-21(20)29-5/h6-12,16,26H,13-15H2,1-5H3,(H2,23,24,25). The van der Waals surface area contributed by atoms with Crippen molar-refractivity contribution in [2.75, 3.05) is 14.2 Å². The minimum Gasteiger partial charge on any atom is -0.496 e. The molecule has 0 atom stereocenters. The molecule has 8 heteroatoms. The molecule has 164 valence electrons. The first-order valence-corrected chi connectivity index (χ1v) is 11.5. The number of aliphatic imine (C=N–C) groups is 1. The highest BCUT2D eigenvalue weighted by Gasteiger charge is 2.12. The first-order chi connectivity index (χ1) is 14.2. The summed E-state index contributed by atoms with van der Waals surface area (Å²) in [6.07, 6.45) is 0. The van der Waals surface area contributed by atoms with Gasteiger partial charge in [-0.2, -0.15) is 0 Å². The highest BCUT2D eigenvalue weighted by Crippen LogP contribution is 2.19. The number of ether oxygens (including phenoxy) is 1. The van der Waals surface area contributed by atoms with E-state index < -0.39 is 10.0 Å². The SMILES string of the molecule is CN=C(NCc1ccc(CS(=O)(=O)NC(C)C)cc1)NCc1ccc(C)cc1OC. The number of aryl methyl sites for hydroxylation is 1. The van der Waals surface area contributed by atoms with Crippen LogP contribution < -0.4 is 20.1 Å². The minimum absolute atomic E-state index is 0.0273. The summed E-state index contributed by atoms with van der Waals surface area (Å²) >= 11 is 0. The van der Waals surface area contributed by atoms with Crippen LogP contribution in [0.5, 0.6) is 5.75 Å². The van der Waals surface area contributed by atoms with Gasteiger partial charge in [0.15, 0.2) is 5.96 Å². The molecule has 0 amide bonds. The molecule has 0 spiro atoms. The van der Waals surface area contributed by atoms with Crippen molar-refractivity contribution in [2.24, 2.45) is 4.99 Å². The molecule has 0 saturated carbocycles. The van der Waals surface area contributed by atoms with Gasteiger partial charge in [-0.05, 0) is 43.5 Å². The zero-order valence-electron chi connectivity index (χ0n) is 18.3. The van der Waals surface area contributed by atoms with Gasteiger partial charge in [0.2, 0.25) is 10.0 Å². The Morgan fingerprint density at radius 3 is 2.27 bits per heavy atom. The fourth-order valence-corrected chi connectivity index (χ4v) is 4.39. The second-order valence-corrected chi connectivity index (χ2v) is 9.20. The van der Waals surface area contributed by atoms with Crippen LogP contribution >= 0.6 is 0 Å². The lowest BCUT2D eigenvalue weighted by Crippen LogP contribution is -2.36. The summed E-state index contributed by atoms with van der Waals surface area (Å²) in [4.78, 5) is 4.25. The lowest BCUT2D eigenvalue weighted by molar-refractivity contribution is 0.408. The fourth-order valence-electron chi connectivity index (χ4n) is 2.96. The average Bonchev–Trinajstić information content (AvgIpc) is 2.68. The first kappa shape index (κ1) is 23.7. The third-order valence-corrected chi connectivity index (χ3v) is 5.91. The molecule has 0 heterocycles. The Kier molecular flexibility index (Phi) is 8.68. The van der Waals surface area contributed by atoms with Crippen LogP contribution in [0.3, 0.4) is 0 Å². The fraction of sp³-hybridized carbons (Fsp3) is 0.409. The monoisotopic (exact) mass is 432 g/mol. The molecule has 0 aliphatic carbocycles. The van der Waals surface area contributed by atoms with E-state index in [1.807, 2.05) is 63.2 Å². The van der Waals surface area contributed by atoms with E-state index in [0.717, 1.165) is 28.0 Å². The van der Waals surface area contributed by atoms with E-state index in [1.165, 1.54) is 0 Å². The van der Waals surface area contributed by atoms with Crippen LogP contribution in [0.15, 0.2) is 47.5 Å². The van der Waals surface area contributed by atoms with Gasteiger partial charge in [-0.1, -0.05) is 36.4 Å². The molecule has 3 N–H and O–H groups in total. The molecule has 0 saturated heterocycles. The van der Waals surface area contributed by atoms with Crippen molar-refractivity contribution >= 4 is 16.0 Å². The number of rotatable bonds is 9. The zero-order valence-corrected chi connectivity index (χ0v) is 19.1. The van der Waals surface area contributed by atoms with Crippen LogP contribution in [-0.4, -0.2) is 34.6 Å². The largest absolute Gasteiger partial charge is 0.496 e. The molecule has 0 aliphatic heterocycles. The second kappa shape index (κ2) is 11.0. The Morgan fingerprint density at radius 1 is 1.03 bits per heavy atom. The molecule has 0 fully saturated rings. The van der Waals surface area contributed by atoms with Gasteiger partial charge in [-0.15, -0.1) is 0 Å². The predicted molar refractivity (Wildman–Crippen MR) is 122 cm³/mol. The van der Waals surface area contributed by atoms with Crippen LogP contribution in [0.25, 0.3) is 0 Å². The Hall–Kier alpha value is -2.58. The Labute approximate surface area is 180 Å². The number of hydrogen-bond acceptors (Lipinski definition) is 4. The van der Waals surface area contributed by atoms with E-state index >= 15 is 0 Å². The minimum atomic E-state index is -3.32. The van der Waals surface area contributed by atoms with Crippen molar-refractivity contribution in [2.45, 2.75) is 45.7 Å². The maximum absolute atomic E-state index is 12.0. The smallest absolute Gasteiger partial charge is 0.216 e. The Bertz CT molecular complexity index is 955. The van der Waals surface area contributed by atoms with Crippen molar-refractivity contribution < 1.29 is 13.2 Å². The van der Waals surface area contributed by atoms with Crippen molar-refractivity contribution in [3.8, 4) is 5.75 Å². The summed E-state index contributed by atoms with van der Waals surface area (Å²) in [7, 11) is 0.0618. The topological polar surface area (TPSA) is 91.8 Å². The Balaban J connectivity index is 1.89. The van der Waals surface area contributed by atoms with Gasteiger partial charge in [0.1, 0.15) is 5.75 Å². The van der Waals surface area contributed by atoms with Crippen LogP contribution in [-0.2, 0) is 28.9 Å². The molecule has 2 aromatic rings. The highest BCUT2D eigenvalue weighted by atomic mass is 32.2. The molecule has 0 unspecified atom stereocenters. The summed E-state index contributed by atoms with van der Waals surface area (Å²) < 4.78 is 32.1. The normalized spacial score (nSPS) is 12.1. The number of benzene rings is 2. The number of nitrogens with zero attached hydrogens (tertiary/aromatic N) is 1. The van der Waals surface area contributed by atoms with Crippen LogP contribution in [0.4, 0.5) is 0 Å². The van der Waals surface area contributed by atoms with Gasteiger partial charge < -0.3 is 15.4 Å². The summed E-state index contributed by atoms with van der Waals surface area (Å²) in [5.74, 6) is 1.49. The van der Waals surface area contributed by atoms with E-state index in [9.17, 15) is 8.42 Å². The molecule has 30 heavy (non-hydrogen) atoms. The summed E-state index contributed by atoms with van der Waals surface area (Å²) in [6, 6.07) is 13.5. The predicted octanol–water partition coefficient (Wildman–Crippen LogP) is 2.70. The van der Waals surface area contributed by atoms with Crippen LogP contribution in [0, 0.1) is 6.92 Å². The van der Waals surface area contributed by atoms with E-state index in [1.54, 1.807) is 14.2 Å². The van der Waals surface area contributed by atoms with Crippen molar-refractivity contribution in [3.05, 3.63) is 64.7 Å². The lowest BCUT2D eigenvalue weighted by atomic mass is 10.1. The molecule has 0 radical (unpaired) electrons. The van der Waals surface area contributed by atoms with E-state index in [4.69, 9.17) is 4.74 Å². The number of methoxy groups -OCH3 is 1. The van der Waals surface area contributed by atoms with E-state index in [0.29, 0.717) is 19.0 Å². The summed E-state index contributed by atoms with van der Waals surface area (Å²) in [6.45, 7) is 6.80. The van der Waals surface area contributed by atoms with Crippen molar-refractivity contribution in [1.29, 1.82) is 0 Å². The highest BCUT2D eigenvalue weighted by molar-refractivity contribution is 7.88. The average molecular weight is 433 g/mol. The van der Waals surface area contributed by atoms with Crippen LogP contribution in [0.1, 0.15) is 36.1 Å². The number of nitrogens with one attached hydrogen (secondary N) is 3. The maximum Gasteiger partial charge on any atom is 0.216 e. The lowest BCUT2D eigenvalue weighted by Gasteiger charge is -2.14. The van der Waals surface area contributed by atoms with Gasteiger partial charge in [0, 0.05) is 31.7 Å². The number of sulfonamides is 1. The molecule has 0 aliphatic rings. The van der Waals surface area contributed by atoms with E-state index in [2.05, 4.69) is 20.3 Å².